The van der Waals surface area contributed by atoms with Crippen LogP contribution in [0.25, 0.3) is 22.6 Å². The number of imidazole rings is 1. The van der Waals surface area contributed by atoms with E-state index in [1.807, 2.05) is 37.4 Å². The molecular weight excluding hydrogens is 425 g/mol. The van der Waals surface area contributed by atoms with E-state index in [0.717, 1.165) is 33.6 Å². The van der Waals surface area contributed by atoms with Gasteiger partial charge in [0, 0.05) is 35.3 Å². The Balaban J connectivity index is 1.27. The normalized spacial score (nSPS) is 17.0. The van der Waals surface area contributed by atoms with Crippen molar-refractivity contribution in [3.8, 4) is 22.6 Å². The molecule has 9 heteroatoms. The number of carbonyl (C=O) groups excluding carboxylic acids is 1. The molecule has 1 atom stereocenters. The number of nitrogens with zero attached hydrogens (tertiary/aromatic N) is 5. The van der Waals surface area contributed by atoms with Crippen LogP contribution >= 0.6 is 0 Å². The fourth-order valence-corrected chi connectivity index (χ4v) is 4.70. The second-order valence-corrected chi connectivity index (χ2v) is 9.19. The van der Waals surface area contributed by atoms with Crippen LogP contribution in [0.15, 0.2) is 42.6 Å². The predicted molar refractivity (Wildman–Crippen MR) is 131 cm³/mol. The van der Waals surface area contributed by atoms with Crippen LogP contribution in [0.5, 0.6) is 0 Å². The summed E-state index contributed by atoms with van der Waals surface area (Å²) in [4.78, 5) is 21.2. The number of rotatable bonds is 5. The Morgan fingerprint density at radius 3 is 2.71 bits per heavy atom. The van der Waals surface area contributed by atoms with Crippen molar-refractivity contribution in [2.24, 2.45) is 7.05 Å². The first kappa shape index (κ1) is 20.7. The van der Waals surface area contributed by atoms with Gasteiger partial charge in [-0.1, -0.05) is 12.1 Å². The number of hydrogen-bond acceptors (Lipinski definition) is 5. The molecule has 1 aliphatic carbocycles. The van der Waals surface area contributed by atoms with Crippen molar-refractivity contribution in [3.63, 3.8) is 0 Å². The van der Waals surface area contributed by atoms with E-state index in [-0.39, 0.29) is 11.9 Å². The third-order valence-electron chi connectivity index (χ3n) is 6.72. The van der Waals surface area contributed by atoms with E-state index in [2.05, 4.69) is 56.4 Å². The first-order valence-electron chi connectivity index (χ1n) is 11.5. The summed E-state index contributed by atoms with van der Waals surface area (Å²) in [5.74, 6) is 2.68. The van der Waals surface area contributed by atoms with Gasteiger partial charge in [0.25, 0.3) is 13.9 Å². The third-order valence-corrected chi connectivity index (χ3v) is 6.72. The number of amides is 1. The zero-order chi connectivity index (χ0) is 23.6. The van der Waals surface area contributed by atoms with E-state index in [1.54, 1.807) is 0 Å². The largest absolute Gasteiger partial charge is 0.345 e. The Bertz CT molecular complexity index is 1450. The minimum atomic E-state index is -0.0490. The lowest BCUT2D eigenvalue weighted by Crippen LogP contribution is -2.16. The topological polar surface area (TPSA) is 89.7 Å². The maximum Gasteiger partial charge on any atom is 0.269 e. The van der Waals surface area contributed by atoms with Gasteiger partial charge in [0.05, 0.1) is 17.9 Å². The highest BCUT2D eigenvalue weighted by molar-refractivity contribution is 6.07. The van der Waals surface area contributed by atoms with Crippen molar-refractivity contribution in [2.75, 3.05) is 5.32 Å². The van der Waals surface area contributed by atoms with E-state index >= 15 is 0 Å². The molecule has 1 saturated carbocycles. The molecule has 3 heterocycles. The Kier molecular flexibility index (Phi) is 4.62. The van der Waals surface area contributed by atoms with Gasteiger partial charge < -0.3 is 15.2 Å². The van der Waals surface area contributed by atoms with E-state index < -0.39 is 0 Å². The third kappa shape index (κ3) is 3.39. The van der Waals surface area contributed by atoms with Crippen LogP contribution in [-0.4, -0.2) is 38.1 Å². The zero-order valence-electron chi connectivity index (χ0n) is 19.3. The van der Waals surface area contributed by atoms with Crippen LogP contribution in [0, 0.1) is 6.92 Å². The molecule has 0 saturated heterocycles. The average Bonchev–Trinajstić information content (AvgIpc) is 3.41. The highest BCUT2D eigenvalue weighted by Gasteiger charge is 2.29. The van der Waals surface area contributed by atoms with Gasteiger partial charge in [0.2, 0.25) is 5.95 Å². The lowest BCUT2D eigenvalue weighted by atomic mass is 10.0. The van der Waals surface area contributed by atoms with Crippen molar-refractivity contribution in [1.82, 2.24) is 29.5 Å². The Morgan fingerprint density at radius 2 is 1.94 bits per heavy atom. The first-order valence-corrected chi connectivity index (χ1v) is 11.5. The minimum absolute atomic E-state index is 0.0307. The number of aryl methyl sites for hydroxylation is 1. The van der Waals surface area contributed by atoms with Crippen LogP contribution in [0.1, 0.15) is 59.0 Å². The SMILES string of the molecule is [B]n1nc(-c2ccc(-c3cnc(C4CC4)n3C)c(C)c2)nc1Nc1ccc2c(c1)C(C)NC2=O. The fraction of sp³-hybridized carbons (Fsp3) is 0.280. The Labute approximate surface area is 198 Å². The predicted octanol–water partition coefficient (Wildman–Crippen LogP) is 4.01. The Morgan fingerprint density at radius 1 is 1.15 bits per heavy atom. The van der Waals surface area contributed by atoms with Crippen LogP contribution < -0.4 is 10.6 Å². The molecule has 2 aromatic heterocycles. The van der Waals surface area contributed by atoms with E-state index in [9.17, 15) is 4.79 Å². The molecule has 0 spiro atoms. The summed E-state index contributed by atoms with van der Waals surface area (Å²) < 4.78 is 3.44. The van der Waals surface area contributed by atoms with Crippen molar-refractivity contribution in [1.29, 1.82) is 0 Å². The van der Waals surface area contributed by atoms with Gasteiger partial charge >= 0.3 is 0 Å². The molecule has 168 valence electrons. The van der Waals surface area contributed by atoms with Gasteiger partial charge in [0.1, 0.15) is 5.82 Å². The van der Waals surface area contributed by atoms with Gasteiger partial charge in [0.15, 0.2) is 5.82 Å². The fourth-order valence-electron chi connectivity index (χ4n) is 4.70. The van der Waals surface area contributed by atoms with Crippen molar-refractivity contribution >= 4 is 25.5 Å². The van der Waals surface area contributed by atoms with Crippen LogP contribution in [-0.2, 0) is 7.05 Å². The van der Waals surface area contributed by atoms with Gasteiger partial charge in [-0.3, -0.25) is 9.39 Å². The number of anilines is 2. The van der Waals surface area contributed by atoms with Gasteiger partial charge in [-0.05, 0) is 62.1 Å². The van der Waals surface area contributed by atoms with Gasteiger partial charge in [-0.2, -0.15) is 10.1 Å². The smallest absolute Gasteiger partial charge is 0.269 e. The molecule has 1 fully saturated rings. The van der Waals surface area contributed by atoms with Crippen LogP contribution in [0.4, 0.5) is 11.6 Å². The highest BCUT2D eigenvalue weighted by Crippen LogP contribution is 2.40. The summed E-state index contributed by atoms with van der Waals surface area (Å²) in [5, 5.41) is 10.5. The summed E-state index contributed by atoms with van der Waals surface area (Å²) in [5.41, 5.74) is 6.70. The maximum atomic E-state index is 12.0. The maximum absolute atomic E-state index is 12.0. The van der Waals surface area contributed by atoms with Crippen molar-refractivity contribution in [3.05, 3.63) is 65.1 Å². The van der Waals surface area contributed by atoms with Gasteiger partial charge in [-0.25, -0.2) is 4.98 Å². The molecule has 1 unspecified atom stereocenters. The summed E-state index contributed by atoms with van der Waals surface area (Å²) in [6.45, 7) is 4.05. The van der Waals surface area contributed by atoms with E-state index in [1.165, 1.54) is 23.3 Å². The summed E-state index contributed by atoms with van der Waals surface area (Å²) in [7, 11) is 8.19. The van der Waals surface area contributed by atoms with Crippen molar-refractivity contribution < 1.29 is 4.79 Å². The second kappa shape index (κ2) is 7.58. The molecular formula is C25H24BN7O. The number of fused-ring (bicyclic) bond motifs is 1. The summed E-state index contributed by atoms with van der Waals surface area (Å²) in [6, 6.07) is 11.7. The molecule has 34 heavy (non-hydrogen) atoms. The van der Waals surface area contributed by atoms with Crippen LogP contribution in [0.2, 0.25) is 0 Å². The van der Waals surface area contributed by atoms with Crippen molar-refractivity contribution in [2.45, 2.75) is 38.6 Å². The lowest BCUT2D eigenvalue weighted by molar-refractivity contribution is 0.0958. The Hall–Kier alpha value is -3.88. The minimum Gasteiger partial charge on any atom is -0.345 e. The zero-order valence-corrected chi connectivity index (χ0v) is 19.3. The molecule has 1 amide bonds. The molecule has 4 aromatic rings. The second-order valence-electron chi connectivity index (χ2n) is 9.19. The molecule has 2 aromatic carbocycles. The standard InChI is InChI=1S/C25H24BN7O/c1-13-10-16(6-8-18(13)21-12-27-23(32(21)3)15-4-5-15)22-30-25(33(26)31-22)29-17-7-9-19-20(11-17)14(2)28-24(19)34/h6-12,14-15H,4-5H2,1-3H3,(H,28,34)(H,29,30,31). The van der Waals surface area contributed by atoms with Crippen LogP contribution in [0.3, 0.4) is 0 Å². The lowest BCUT2D eigenvalue weighted by Gasteiger charge is -2.09. The molecule has 6 rings (SSSR count). The number of carbonyl (C=O) groups is 1. The highest BCUT2D eigenvalue weighted by atomic mass is 16.2. The molecule has 2 radical (unpaired) electrons. The first-order chi connectivity index (χ1) is 16.4. The molecule has 8 nitrogen and oxygen atoms in total. The quantitative estimate of drug-likeness (QED) is 0.450. The van der Waals surface area contributed by atoms with E-state index in [0.29, 0.717) is 23.3 Å². The van der Waals surface area contributed by atoms with Gasteiger partial charge in [-0.15, -0.1) is 0 Å². The number of aromatic nitrogens is 5. The monoisotopic (exact) mass is 449 g/mol. The van der Waals surface area contributed by atoms with E-state index in [4.69, 9.17) is 7.98 Å². The molecule has 2 aliphatic rings. The molecule has 1 aliphatic heterocycles. The number of hydrogen-bond donors (Lipinski definition) is 2. The molecule has 2 N–H and O–H groups in total. The number of nitrogens with one attached hydrogen (secondary N) is 2. The summed E-state index contributed by atoms with van der Waals surface area (Å²) >= 11 is 0. The number of benzene rings is 2. The average molecular weight is 449 g/mol. The molecule has 0 bridgehead atoms. The summed E-state index contributed by atoms with van der Waals surface area (Å²) in [6.07, 6.45) is 4.42.